The van der Waals surface area contributed by atoms with Crippen molar-refractivity contribution in [1.82, 2.24) is 4.98 Å². The van der Waals surface area contributed by atoms with Gasteiger partial charge >= 0.3 is 0 Å². The van der Waals surface area contributed by atoms with Crippen LogP contribution in [0.25, 0.3) is 0 Å². The topological polar surface area (TPSA) is 38.9 Å². The van der Waals surface area contributed by atoms with Gasteiger partial charge in [-0.05, 0) is 31.0 Å². The third kappa shape index (κ3) is 3.45. The number of nitrogen functional groups attached to an aromatic ring is 1. The minimum absolute atomic E-state index is 0. The van der Waals surface area contributed by atoms with Crippen molar-refractivity contribution in [3.8, 4) is 0 Å². The molecular formula is C13H17ClN2S. The number of rotatable bonds is 3. The maximum Gasteiger partial charge on any atom is 0.0974 e. The molecule has 0 bridgehead atoms. The van der Waals surface area contributed by atoms with Crippen LogP contribution in [-0.2, 0) is 12.8 Å². The van der Waals surface area contributed by atoms with E-state index in [-0.39, 0.29) is 12.4 Å². The zero-order valence-electron chi connectivity index (χ0n) is 10.1. The second-order valence-corrected chi connectivity index (χ2v) is 5.17. The summed E-state index contributed by atoms with van der Waals surface area (Å²) < 4.78 is 0. The van der Waals surface area contributed by atoms with Gasteiger partial charge in [-0.15, -0.1) is 23.7 Å². The van der Waals surface area contributed by atoms with Gasteiger partial charge in [0.05, 0.1) is 10.7 Å². The Morgan fingerprint density at radius 1 is 1.24 bits per heavy atom. The van der Waals surface area contributed by atoms with Crippen molar-refractivity contribution in [2.45, 2.75) is 26.7 Å². The molecule has 2 rings (SSSR count). The monoisotopic (exact) mass is 268 g/mol. The van der Waals surface area contributed by atoms with Crippen LogP contribution in [0, 0.1) is 6.92 Å². The first kappa shape index (κ1) is 14.0. The van der Waals surface area contributed by atoms with Crippen molar-refractivity contribution in [2.75, 3.05) is 5.73 Å². The van der Waals surface area contributed by atoms with Gasteiger partial charge in [0, 0.05) is 17.0 Å². The Morgan fingerprint density at radius 2 is 1.88 bits per heavy atom. The van der Waals surface area contributed by atoms with E-state index < -0.39 is 0 Å². The molecule has 0 unspecified atom stereocenters. The van der Waals surface area contributed by atoms with Crippen LogP contribution in [0.3, 0.4) is 0 Å². The Balaban J connectivity index is 0.00000144. The van der Waals surface area contributed by atoms with E-state index in [4.69, 9.17) is 5.73 Å². The van der Waals surface area contributed by atoms with Crippen molar-refractivity contribution in [2.24, 2.45) is 0 Å². The van der Waals surface area contributed by atoms with E-state index in [1.54, 1.807) is 11.3 Å². The van der Waals surface area contributed by atoms with Crippen molar-refractivity contribution in [3.05, 3.63) is 45.4 Å². The lowest BCUT2D eigenvalue weighted by Gasteiger charge is -1.98. The maximum atomic E-state index is 5.66. The van der Waals surface area contributed by atoms with E-state index >= 15 is 0 Å². The summed E-state index contributed by atoms with van der Waals surface area (Å²) in [4.78, 5) is 5.97. The van der Waals surface area contributed by atoms with Crippen LogP contribution in [0.15, 0.2) is 24.3 Å². The van der Waals surface area contributed by atoms with E-state index in [9.17, 15) is 0 Å². The molecule has 2 aromatic rings. The van der Waals surface area contributed by atoms with E-state index in [0.717, 1.165) is 18.5 Å². The van der Waals surface area contributed by atoms with Crippen LogP contribution in [0.1, 0.15) is 28.1 Å². The Bertz CT molecular complexity index is 477. The van der Waals surface area contributed by atoms with Crippen molar-refractivity contribution >= 4 is 29.4 Å². The molecule has 0 aliphatic heterocycles. The normalized spacial score (nSPS) is 10.0. The number of benzene rings is 1. The van der Waals surface area contributed by atoms with Crippen LogP contribution >= 0.6 is 23.7 Å². The molecule has 0 radical (unpaired) electrons. The highest BCUT2D eigenvalue weighted by Crippen LogP contribution is 2.21. The molecule has 0 fully saturated rings. The molecular weight excluding hydrogens is 252 g/mol. The maximum absolute atomic E-state index is 5.66. The number of anilines is 1. The van der Waals surface area contributed by atoms with Gasteiger partial charge in [-0.3, -0.25) is 0 Å². The summed E-state index contributed by atoms with van der Waals surface area (Å²) in [5, 5.41) is 1.19. The highest BCUT2D eigenvalue weighted by Gasteiger charge is 2.06. The summed E-state index contributed by atoms with van der Waals surface area (Å²) in [5.74, 6) is 0. The van der Waals surface area contributed by atoms with E-state index in [1.807, 2.05) is 12.1 Å². The Hall–Kier alpha value is -1.06. The smallest absolute Gasteiger partial charge is 0.0974 e. The molecule has 0 aliphatic carbocycles. The zero-order valence-corrected chi connectivity index (χ0v) is 11.7. The number of nitrogens with zero attached hydrogens (tertiary/aromatic N) is 1. The fraction of sp³-hybridized carbons (Fsp3) is 0.308. The second kappa shape index (κ2) is 6.03. The van der Waals surface area contributed by atoms with Crippen LogP contribution in [-0.4, -0.2) is 4.98 Å². The van der Waals surface area contributed by atoms with Crippen LogP contribution in [0.2, 0.25) is 0 Å². The quantitative estimate of drug-likeness (QED) is 0.864. The number of thiazole rings is 1. The zero-order chi connectivity index (χ0) is 11.5. The van der Waals surface area contributed by atoms with Gasteiger partial charge in [0.2, 0.25) is 0 Å². The third-order valence-electron chi connectivity index (χ3n) is 2.61. The predicted octanol–water partition coefficient (Wildman–Crippen LogP) is 3.61. The number of aryl methyl sites for hydroxylation is 2. The summed E-state index contributed by atoms with van der Waals surface area (Å²) in [7, 11) is 0. The van der Waals surface area contributed by atoms with Crippen LogP contribution in [0.4, 0.5) is 5.69 Å². The molecule has 0 spiro atoms. The first-order valence-electron chi connectivity index (χ1n) is 5.48. The molecule has 17 heavy (non-hydrogen) atoms. The largest absolute Gasteiger partial charge is 0.399 e. The Kier molecular flexibility index (Phi) is 4.97. The summed E-state index contributed by atoms with van der Waals surface area (Å²) in [6, 6.07) is 8.02. The van der Waals surface area contributed by atoms with Gasteiger partial charge in [0.1, 0.15) is 0 Å². The molecule has 1 aromatic heterocycles. The van der Waals surface area contributed by atoms with E-state index in [0.29, 0.717) is 0 Å². The first-order chi connectivity index (χ1) is 7.69. The summed E-state index contributed by atoms with van der Waals surface area (Å²) in [6.45, 7) is 4.29. The molecule has 92 valence electrons. The van der Waals surface area contributed by atoms with Gasteiger partial charge in [0.25, 0.3) is 0 Å². The van der Waals surface area contributed by atoms with Crippen LogP contribution in [0.5, 0.6) is 0 Å². The lowest BCUT2D eigenvalue weighted by atomic mass is 10.1. The van der Waals surface area contributed by atoms with Crippen LogP contribution < -0.4 is 5.73 Å². The average molecular weight is 269 g/mol. The lowest BCUT2D eigenvalue weighted by molar-refractivity contribution is 1.01. The van der Waals surface area contributed by atoms with Gasteiger partial charge in [-0.2, -0.15) is 0 Å². The van der Waals surface area contributed by atoms with Gasteiger partial charge in [-0.25, -0.2) is 4.98 Å². The minimum Gasteiger partial charge on any atom is -0.399 e. The molecule has 2 nitrogen and oxygen atoms in total. The fourth-order valence-corrected chi connectivity index (χ4v) is 2.76. The molecule has 0 saturated carbocycles. The molecule has 0 aliphatic rings. The van der Waals surface area contributed by atoms with E-state index in [1.165, 1.54) is 21.1 Å². The Morgan fingerprint density at radius 3 is 2.41 bits per heavy atom. The molecule has 1 aromatic carbocycles. The fourth-order valence-electron chi connectivity index (χ4n) is 1.70. The summed E-state index contributed by atoms with van der Waals surface area (Å²) in [5.41, 5.74) is 8.97. The van der Waals surface area contributed by atoms with Gasteiger partial charge in [0.15, 0.2) is 0 Å². The SMILES string of the molecule is CCc1nc(Cc2ccc(N)cc2)sc1C.Cl. The van der Waals surface area contributed by atoms with Crippen molar-refractivity contribution in [1.29, 1.82) is 0 Å². The van der Waals surface area contributed by atoms with Gasteiger partial charge < -0.3 is 5.73 Å². The number of hydrogen-bond acceptors (Lipinski definition) is 3. The second-order valence-electron chi connectivity index (χ2n) is 3.88. The number of halogens is 1. The average Bonchev–Trinajstić information content (AvgIpc) is 2.62. The van der Waals surface area contributed by atoms with Crippen molar-refractivity contribution < 1.29 is 0 Å². The summed E-state index contributed by atoms with van der Waals surface area (Å²) >= 11 is 1.80. The molecule has 0 atom stereocenters. The molecule has 4 heteroatoms. The first-order valence-corrected chi connectivity index (χ1v) is 6.30. The molecule has 0 saturated heterocycles. The highest BCUT2D eigenvalue weighted by molar-refractivity contribution is 7.11. The summed E-state index contributed by atoms with van der Waals surface area (Å²) in [6.07, 6.45) is 1.93. The van der Waals surface area contributed by atoms with Crippen molar-refractivity contribution in [3.63, 3.8) is 0 Å². The highest BCUT2D eigenvalue weighted by atomic mass is 35.5. The Labute approximate surface area is 112 Å². The van der Waals surface area contributed by atoms with E-state index in [2.05, 4.69) is 31.0 Å². The lowest BCUT2D eigenvalue weighted by Crippen LogP contribution is -1.90. The molecule has 1 heterocycles. The molecule has 0 amide bonds. The standard InChI is InChI=1S/C13H16N2S.ClH/c1-3-12-9(2)16-13(15-12)8-10-4-6-11(14)7-5-10;/h4-7H,3,8,14H2,1-2H3;1H. The number of nitrogens with two attached hydrogens (primary N) is 1. The third-order valence-corrected chi connectivity index (χ3v) is 3.62. The molecule has 2 N–H and O–H groups in total. The minimum atomic E-state index is 0. The number of aromatic nitrogens is 1. The van der Waals surface area contributed by atoms with Gasteiger partial charge in [-0.1, -0.05) is 19.1 Å². The number of hydrogen-bond donors (Lipinski definition) is 1. The predicted molar refractivity (Wildman–Crippen MR) is 77.1 cm³/mol.